The van der Waals surface area contributed by atoms with Crippen LogP contribution in [0.2, 0.25) is 0 Å². The van der Waals surface area contributed by atoms with E-state index in [1.54, 1.807) is 19.2 Å². The van der Waals surface area contributed by atoms with Crippen molar-refractivity contribution < 1.29 is 23.8 Å². The molecular formula is C22H28N6O5. The lowest BCUT2D eigenvalue weighted by Gasteiger charge is -2.61. The number of ether oxygens (including phenoxy) is 3. The molecule has 2 bridgehead atoms. The van der Waals surface area contributed by atoms with Crippen LogP contribution >= 0.6 is 0 Å². The SMILES string of the molecule is Cn1nc(OCC2CC2)cc1C(=O)Nc1cc([C@@H]2C[C@H](OC(=O)NC34CC(C3)C4)CO2)[nH]n1. The monoisotopic (exact) mass is 456 g/mol. The molecule has 2 aromatic heterocycles. The zero-order chi connectivity index (χ0) is 22.6. The van der Waals surface area contributed by atoms with E-state index >= 15 is 0 Å². The Morgan fingerprint density at radius 2 is 2.12 bits per heavy atom. The largest absolute Gasteiger partial charge is 0.476 e. The predicted molar refractivity (Wildman–Crippen MR) is 115 cm³/mol. The summed E-state index contributed by atoms with van der Waals surface area (Å²) in [6.07, 6.45) is 5.16. The lowest BCUT2D eigenvalue weighted by molar-refractivity contribution is -0.0510. The molecule has 7 rings (SSSR count). The van der Waals surface area contributed by atoms with Crippen LogP contribution in [0.15, 0.2) is 12.1 Å². The molecule has 5 fully saturated rings. The molecule has 2 amide bonds. The van der Waals surface area contributed by atoms with Gasteiger partial charge in [-0.15, -0.1) is 5.10 Å². The fourth-order valence-corrected chi connectivity index (χ4v) is 4.88. The Bertz CT molecular complexity index is 1060. The van der Waals surface area contributed by atoms with Crippen molar-refractivity contribution in [1.29, 1.82) is 0 Å². The van der Waals surface area contributed by atoms with E-state index in [9.17, 15) is 9.59 Å². The Kier molecular flexibility index (Phi) is 4.82. The normalized spacial score (nSPS) is 29.7. The van der Waals surface area contributed by atoms with E-state index in [4.69, 9.17) is 14.2 Å². The minimum Gasteiger partial charge on any atom is -0.476 e. The first-order valence-electron chi connectivity index (χ1n) is 11.6. The molecule has 0 unspecified atom stereocenters. The topological polar surface area (TPSA) is 132 Å². The third-order valence-corrected chi connectivity index (χ3v) is 7.08. The van der Waals surface area contributed by atoms with Crippen molar-refractivity contribution in [3.05, 3.63) is 23.5 Å². The highest BCUT2D eigenvalue weighted by molar-refractivity contribution is 6.02. The maximum absolute atomic E-state index is 12.7. The molecule has 33 heavy (non-hydrogen) atoms. The molecule has 11 nitrogen and oxygen atoms in total. The second-order valence-electron chi connectivity index (χ2n) is 9.88. The van der Waals surface area contributed by atoms with Crippen molar-refractivity contribution in [3.8, 4) is 5.88 Å². The van der Waals surface area contributed by atoms with E-state index in [1.165, 1.54) is 17.5 Å². The number of aromatic nitrogens is 4. The van der Waals surface area contributed by atoms with Crippen LogP contribution in [0.3, 0.4) is 0 Å². The van der Waals surface area contributed by atoms with Crippen molar-refractivity contribution in [3.63, 3.8) is 0 Å². The fourth-order valence-electron chi connectivity index (χ4n) is 4.88. The van der Waals surface area contributed by atoms with E-state index < -0.39 is 0 Å². The molecule has 176 valence electrons. The van der Waals surface area contributed by atoms with Crippen LogP contribution in [0.4, 0.5) is 10.6 Å². The van der Waals surface area contributed by atoms with Gasteiger partial charge in [0.05, 0.1) is 18.9 Å². The summed E-state index contributed by atoms with van der Waals surface area (Å²) >= 11 is 0. The van der Waals surface area contributed by atoms with Crippen LogP contribution in [-0.2, 0) is 16.5 Å². The molecule has 1 aliphatic heterocycles. The van der Waals surface area contributed by atoms with Crippen LogP contribution in [0.1, 0.15) is 60.8 Å². The molecule has 0 aromatic carbocycles. The number of hydrogen-bond acceptors (Lipinski definition) is 7. The van der Waals surface area contributed by atoms with E-state index in [1.807, 2.05) is 0 Å². The maximum Gasteiger partial charge on any atom is 0.407 e. The van der Waals surface area contributed by atoms with Crippen molar-refractivity contribution in [1.82, 2.24) is 25.3 Å². The molecule has 1 saturated heterocycles. The summed E-state index contributed by atoms with van der Waals surface area (Å²) in [6, 6.07) is 3.36. The molecule has 3 N–H and O–H groups in total. The Morgan fingerprint density at radius 1 is 1.30 bits per heavy atom. The van der Waals surface area contributed by atoms with Crippen LogP contribution in [0, 0.1) is 11.8 Å². The minimum absolute atomic E-state index is 0.00489. The van der Waals surface area contributed by atoms with Crippen molar-refractivity contribution in [2.45, 2.75) is 56.3 Å². The summed E-state index contributed by atoms with van der Waals surface area (Å²) in [5, 5.41) is 17.1. The van der Waals surface area contributed by atoms with Crippen LogP contribution in [-0.4, -0.2) is 56.8 Å². The Balaban J connectivity index is 1.00. The van der Waals surface area contributed by atoms with Crippen molar-refractivity contribution in [2.24, 2.45) is 18.9 Å². The Hall–Kier alpha value is -3.08. The lowest BCUT2D eigenvalue weighted by atomic mass is 9.50. The van der Waals surface area contributed by atoms with Gasteiger partial charge in [-0.05, 0) is 43.9 Å². The summed E-state index contributed by atoms with van der Waals surface area (Å²) in [6.45, 7) is 0.961. The molecular weight excluding hydrogens is 428 g/mol. The Morgan fingerprint density at radius 3 is 2.85 bits per heavy atom. The number of aryl methyl sites for hydroxylation is 1. The van der Waals surface area contributed by atoms with Gasteiger partial charge < -0.3 is 24.8 Å². The lowest BCUT2D eigenvalue weighted by Crippen LogP contribution is -2.68. The molecule has 0 spiro atoms. The van der Waals surface area contributed by atoms with Gasteiger partial charge in [0.2, 0.25) is 5.88 Å². The van der Waals surface area contributed by atoms with E-state index in [0.717, 1.165) is 30.9 Å². The molecule has 4 aliphatic carbocycles. The van der Waals surface area contributed by atoms with Gasteiger partial charge in [-0.1, -0.05) is 0 Å². The van der Waals surface area contributed by atoms with Crippen molar-refractivity contribution in [2.75, 3.05) is 18.5 Å². The quantitative estimate of drug-likeness (QED) is 0.555. The number of carbonyl (C=O) groups excluding carboxylic acids is 2. The molecule has 2 atom stereocenters. The number of alkyl carbamates (subject to hydrolysis) is 1. The summed E-state index contributed by atoms with van der Waals surface area (Å²) in [5.41, 5.74) is 1.09. The standard InChI is InChI=1S/C22H28N6O5/c1-28-16(6-19(27-28)32-10-12-2-3-12)20(29)23-18-5-15(25-26-18)17-4-14(11-31-17)33-21(30)24-22-7-13(8-22)9-22/h5-6,12-14,17H,2-4,7-11H2,1H3,(H,24,30)(H2,23,25,26,29)/t13?,14-,17-,22?/m0/s1. The van der Waals surface area contributed by atoms with Gasteiger partial charge in [-0.3, -0.25) is 14.6 Å². The summed E-state index contributed by atoms with van der Waals surface area (Å²) in [5.74, 6) is 1.90. The van der Waals surface area contributed by atoms with Crippen LogP contribution < -0.4 is 15.4 Å². The average Bonchev–Trinajstić information content (AvgIpc) is 3.08. The van der Waals surface area contributed by atoms with E-state index in [0.29, 0.717) is 42.9 Å². The first-order valence-corrected chi connectivity index (χ1v) is 11.6. The van der Waals surface area contributed by atoms with Crippen LogP contribution in [0.5, 0.6) is 5.88 Å². The van der Waals surface area contributed by atoms with Gasteiger partial charge in [-0.2, -0.15) is 5.10 Å². The van der Waals surface area contributed by atoms with E-state index in [-0.39, 0.29) is 29.7 Å². The minimum atomic E-state index is -0.364. The summed E-state index contributed by atoms with van der Waals surface area (Å²) in [7, 11) is 1.70. The number of amides is 2. The second kappa shape index (κ2) is 7.75. The van der Waals surface area contributed by atoms with Gasteiger partial charge in [0.15, 0.2) is 5.82 Å². The van der Waals surface area contributed by atoms with E-state index in [2.05, 4.69) is 25.9 Å². The van der Waals surface area contributed by atoms with Gasteiger partial charge in [-0.25, -0.2) is 4.79 Å². The molecule has 2 aromatic rings. The fraction of sp³-hybridized carbons (Fsp3) is 0.636. The highest BCUT2D eigenvalue weighted by Crippen LogP contribution is 2.56. The Labute approximate surface area is 190 Å². The zero-order valence-corrected chi connectivity index (χ0v) is 18.5. The number of hydrogen-bond donors (Lipinski definition) is 3. The molecule has 0 radical (unpaired) electrons. The average molecular weight is 457 g/mol. The molecule has 3 heterocycles. The van der Waals surface area contributed by atoms with Gasteiger partial charge >= 0.3 is 6.09 Å². The molecule has 11 heteroatoms. The summed E-state index contributed by atoms with van der Waals surface area (Å²) in [4.78, 5) is 24.8. The first kappa shape index (κ1) is 20.5. The van der Waals surface area contributed by atoms with Gasteiger partial charge in [0.25, 0.3) is 5.91 Å². The number of rotatable bonds is 8. The number of anilines is 1. The van der Waals surface area contributed by atoms with Crippen molar-refractivity contribution >= 4 is 17.8 Å². The maximum atomic E-state index is 12.7. The number of carbonyl (C=O) groups is 2. The third-order valence-electron chi connectivity index (χ3n) is 7.08. The summed E-state index contributed by atoms with van der Waals surface area (Å²) < 4.78 is 18.5. The highest BCUT2D eigenvalue weighted by Gasteiger charge is 2.57. The van der Waals surface area contributed by atoms with Crippen LogP contribution in [0.25, 0.3) is 0 Å². The highest BCUT2D eigenvalue weighted by atomic mass is 16.6. The number of aromatic amines is 1. The first-order chi connectivity index (χ1) is 15.9. The zero-order valence-electron chi connectivity index (χ0n) is 18.5. The number of H-pyrrole nitrogens is 1. The number of nitrogens with zero attached hydrogens (tertiary/aromatic N) is 3. The predicted octanol–water partition coefficient (Wildman–Crippen LogP) is 2.29. The van der Waals surface area contributed by atoms with Gasteiger partial charge in [0.1, 0.15) is 17.9 Å². The smallest absolute Gasteiger partial charge is 0.407 e. The molecule has 4 saturated carbocycles. The number of nitrogens with one attached hydrogen (secondary N) is 3. The molecule has 5 aliphatic rings. The van der Waals surface area contributed by atoms with Gasteiger partial charge in [0, 0.05) is 31.1 Å². The second-order valence-corrected chi connectivity index (χ2v) is 9.88. The third kappa shape index (κ3) is 4.17.